The van der Waals surface area contributed by atoms with E-state index in [1.165, 1.54) is 51.4 Å². The zero-order valence-electron chi connectivity index (χ0n) is 26.2. The van der Waals surface area contributed by atoms with E-state index in [-0.39, 0.29) is 18.1 Å². The summed E-state index contributed by atoms with van der Waals surface area (Å²) in [5.41, 5.74) is -2.54. The Hall–Kier alpha value is -2.48. The highest BCUT2D eigenvalue weighted by atomic mass is 32.2. The normalized spacial score (nSPS) is 12.5. The number of unbranched alkanes of at least 4 members (excludes halogenated alkanes) is 13. The lowest BCUT2D eigenvalue weighted by Crippen LogP contribution is -2.25. The Bertz CT molecular complexity index is 1320. The van der Waals surface area contributed by atoms with Gasteiger partial charge in [-0.25, -0.2) is 17.6 Å². The summed E-state index contributed by atoms with van der Waals surface area (Å²) in [6, 6.07) is 4.09. The number of ether oxygens (including phenoxy) is 1. The van der Waals surface area contributed by atoms with Crippen LogP contribution in [0.15, 0.2) is 39.2 Å². The minimum absolute atomic E-state index is 0.106. The van der Waals surface area contributed by atoms with Crippen molar-refractivity contribution >= 4 is 27.6 Å². The van der Waals surface area contributed by atoms with E-state index < -0.39 is 60.6 Å². The van der Waals surface area contributed by atoms with Gasteiger partial charge < -0.3 is 4.74 Å². The number of hydrogen-bond acceptors (Lipinski definition) is 6. The van der Waals surface area contributed by atoms with Gasteiger partial charge in [0.05, 0.1) is 11.5 Å². The van der Waals surface area contributed by atoms with Gasteiger partial charge in [-0.15, -0.1) is 11.8 Å². The van der Waals surface area contributed by atoms with Crippen LogP contribution >= 0.6 is 11.8 Å². The molecule has 2 aromatic carbocycles. The van der Waals surface area contributed by atoms with Crippen molar-refractivity contribution in [3.8, 4) is 5.75 Å². The summed E-state index contributed by atoms with van der Waals surface area (Å²) in [6.07, 6.45) is 10.1. The fourth-order valence-corrected chi connectivity index (χ4v) is 6.53. The van der Waals surface area contributed by atoms with E-state index in [1.807, 2.05) is 0 Å². The van der Waals surface area contributed by atoms with Crippen LogP contribution in [0.25, 0.3) is 0 Å². The zero-order chi connectivity index (χ0) is 34.2. The summed E-state index contributed by atoms with van der Waals surface area (Å²) in [7, 11) is -5.87. The molecule has 0 aliphatic carbocycles. The molecule has 0 heterocycles. The molecule has 46 heavy (non-hydrogen) atoms. The van der Waals surface area contributed by atoms with E-state index in [0.29, 0.717) is 18.2 Å². The number of oxime groups is 1. The second-order valence-electron chi connectivity index (χ2n) is 10.8. The molecule has 0 saturated carbocycles. The van der Waals surface area contributed by atoms with Crippen molar-refractivity contribution < 1.29 is 48.2 Å². The van der Waals surface area contributed by atoms with Gasteiger partial charge in [-0.2, -0.15) is 21.6 Å². The van der Waals surface area contributed by atoms with Crippen molar-refractivity contribution in [3.05, 3.63) is 53.1 Å². The van der Waals surface area contributed by atoms with Crippen molar-refractivity contribution in [2.45, 2.75) is 120 Å². The number of hydrogen-bond donors (Lipinski definition) is 0. The Morgan fingerprint density at radius 2 is 1.17 bits per heavy atom. The fourth-order valence-electron chi connectivity index (χ4n) is 4.68. The second kappa shape index (κ2) is 20.0. The highest BCUT2D eigenvalue weighted by Crippen LogP contribution is 2.35. The van der Waals surface area contributed by atoms with E-state index in [4.69, 9.17) is 4.74 Å². The Balaban J connectivity index is 1.94. The van der Waals surface area contributed by atoms with Crippen molar-refractivity contribution in [2.24, 2.45) is 5.16 Å². The molecule has 0 fully saturated rings. The second-order valence-corrected chi connectivity index (χ2v) is 13.4. The quantitative estimate of drug-likeness (QED) is 0.0305. The molecule has 0 N–H and O–H groups in total. The third-order valence-corrected chi connectivity index (χ3v) is 9.38. The number of benzene rings is 2. The Morgan fingerprint density at radius 1 is 0.717 bits per heavy atom. The van der Waals surface area contributed by atoms with Gasteiger partial charge in [0.1, 0.15) is 5.75 Å². The maximum absolute atomic E-state index is 14.8. The van der Waals surface area contributed by atoms with Gasteiger partial charge in [-0.05, 0) is 43.4 Å². The standard InChI is InChI=1S/C32H42F7NO4S2/c1-3-5-6-7-8-9-10-11-12-13-14-15-16-17-22-45-29-25(33)27(35)30(28(36)26(29)34)46(41,42)44-40-31(32(37,38)39)23-18-20-24(21-19-23)43-4-2/h18-21H,3-17,22H2,1-2H3/b40-31-. The zero-order valence-corrected chi connectivity index (χ0v) is 27.8. The van der Waals surface area contributed by atoms with Crippen molar-refractivity contribution in [3.63, 3.8) is 0 Å². The highest BCUT2D eigenvalue weighted by molar-refractivity contribution is 7.99. The average Bonchev–Trinajstić information content (AvgIpc) is 3.00. The summed E-state index contributed by atoms with van der Waals surface area (Å²) in [4.78, 5) is -3.29. The largest absolute Gasteiger partial charge is 0.494 e. The lowest BCUT2D eigenvalue weighted by atomic mass is 10.0. The minimum Gasteiger partial charge on any atom is -0.494 e. The maximum atomic E-state index is 14.8. The van der Waals surface area contributed by atoms with Gasteiger partial charge in [-0.1, -0.05) is 95.6 Å². The van der Waals surface area contributed by atoms with Crippen molar-refractivity contribution in [1.29, 1.82) is 0 Å². The average molecular weight is 702 g/mol. The first-order chi connectivity index (χ1) is 21.8. The molecule has 0 unspecified atom stereocenters. The summed E-state index contributed by atoms with van der Waals surface area (Å²) in [5.74, 6) is -8.33. The van der Waals surface area contributed by atoms with Crippen LogP contribution < -0.4 is 4.74 Å². The first-order valence-electron chi connectivity index (χ1n) is 15.7. The number of nitrogens with zero attached hydrogens (tertiary/aromatic N) is 1. The van der Waals surface area contributed by atoms with Gasteiger partial charge in [0.2, 0.25) is 0 Å². The molecular formula is C32H42F7NO4S2. The molecule has 0 aliphatic heterocycles. The highest BCUT2D eigenvalue weighted by Gasteiger charge is 2.40. The van der Waals surface area contributed by atoms with Gasteiger partial charge >= 0.3 is 16.3 Å². The van der Waals surface area contributed by atoms with Crippen molar-refractivity contribution in [2.75, 3.05) is 12.4 Å². The van der Waals surface area contributed by atoms with Crippen LogP contribution in [0.3, 0.4) is 0 Å². The van der Waals surface area contributed by atoms with E-state index in [0.717, 1.165) is 56.4 Å². The molecule has 0 aliphatic rings. The predicted octanol–water partition coefficient (Wildman–Crippen LogP) is 10.9. The molecule has 5 nitrogen and oxygen atoms in total. The Morgan fingerprint density at radius 3 is 1.61 bits per heavy atom. The van der Waals surface area contributed by atoms with Crippen LogP contribution in [0.5, 0.6) is 5.75 Å². The fraction of sp³-hybridized carbons (Fsp3) is 0.594. The predicted molar refractivity (Wildman–Crippen MR) is 166 cm³/mol. The summed E-state index contributed by atoms with van der Waals surface area (Å²) < 4.78 is 134. The Labute approximate surface area is 271 Å². The van der Waals surface area contributed by atoms with Crippen LogP contribution in [0.4, 0.5) is 30.7 Å². The van der Waals surface area contributed by atoms with Crippen LogP contribution in [-0.4, -0.2) is 32.7 Å². The SMILES string of the molecule is CCCCCCCCCCCCCCCCSc1c(F)c(F)c(S(=O)(=O)O/N=C(/c2ccc(OCC)cc2)C(F)(F)F)c(F)c1F. The van der Waals surface area contributed by atoms with Gasteiger partial charge in [0, 0.05) is 5.56 Å². The summed E-state index contributed by atoms with van der Waals surface area (Å²) >= 11 is 0.477. The van der Waals surface area contributed by atoms with Crippen LogP contribution in [-0.2, 0) is 14.4 Å². The van der Waals surface area contributed by atoms with E-state index in [2.05, 4.69) is 16.4 Å². The van der Waals surface area contributed by atoms with E-state index in [1.54, 1.807) is 6.92 Å². The maximum Gasteiger partial charge on any atom is 0.437 e. The summed E-state index contributed by atoms with van der Waals surface area (Å²) in [6.45, 7) is 4.06. The molecule has 0 amide bonds. The molecule has 14 heteroatoms. The summed E-state index contributed by atoms with van der Waals surface area (Å²) in [5, 5.41) is 2.55. The van der Waals surface area contributed by atoms with Gasteiger partial charge in [-0.3, -0.25) is 4.28 Å². The lowest BCUT2D eigenvalue weighted by molar-refractivity contribution is -0.0597. The van der Waals surface area contributed by atoms with E-state index in [9.17, 15) is 39.2 Å². The van der Waals surface area contributed by atoms with Crippen LogP contribution in [0.1, 0.15) is 109 Å². The number of thioether (sulfide) groups is 1. The third kappa shape index (κ3) is 12.6. The number of halogens is 7. The molecule has 2 aromatic rings. The molecule has 0 saturated heterocycles. The van der Waals surface area contributed by atoms with Gasteiger partial charge in [0.15, 0.2) is 33.9 Å². The lowest BCUT2D eigenvalue weighted by Gasteiger charge is -2.13. The first kappa shape index (κ1) is 39.7. The molecule has 0 spiro atoms. The van der Waals surface area contributed by atoms with E-state index >= 15 is 0 Å². The molecule has 0 aromatic heterocycles. The van der Waals surface area contributed by atoms with Crippen LogP contribution in [0.2, 0.25) is 0 Å². The first-order valence-corrected chi connectivity index (χ1v) is 18.0. The molecular weight excluding hydrogens is 659 g/mol. The number of alkyl halides is 3. The molecule has 260 valence electrons. The van der Waals surface area contributed by atoms with Gasteiger partial charge in [0.25, 0.3) is 0 Å². The molecule has 0 bridgehead atoms. The number of rotatable bonds is 22. The van der Waals surface area contributed by atoms with Crippen LogP contribution in [0, 0.1) is 23.3 Å². The third-order valence-electron chi connectivity index (χ3n) is 7.11. The molecule has 0 atom stereocenters. The Kier molecular flexibility index (Phi) is 17.3. The smallest absolute Gasteiger partial charge is 0.437 e. The topological polar surface area (TPSA) is 65.0 Å². The molecule has 0 radical (unpaired) electrons. The minimum atomic E-state index is -5.87. The molecule has 2 rings (SSSR count). The monoisotopic (exact) mass is 701 g/mol. The van der Waals surface area contributed by atoms with Crippen molar-refractivity contribution in [1.82, 2.24) is 0 Å².